The number of nitrogens with one attached hydrogen (secondary N) is 2. The van der Waals surface area contributed by atoms with Gasteiger partial charge in [0, 0.05) is 17.0 Å². The highest BCUT2D eigenvalue weighted by molar-refractivity contribution is 7.98. The molecule has 2 heterocycles. The molecule has 0 fully saturated rings. The average molecular weight is 358 g/mol. The van der Waals surface area contributed by atoms with Crippen molar-refractivity contribution < 1.29 is 4.42 Å². The summed E-state index contributed by atoms with van der Waals surface area (Å²) in [5.41, 5.74) is 3.59. The highest BCUT2D eigenvalue weighted by Gasteiger charge is 2.13. The molecule has 8 heteroatoms. The molecule has 2 N–H and O–H groups in total. The van der Waals surface area contributed by atoms with E-state index in [9.17, 15) is 9.59 Å². The molecular formula is C17H18N4O3S. The third-order valence-electron chi connectivity index (χ3n) is 3.89. The Balaban J connectivity index is 1.72. The van der Waals surface area contributed by atoms with Gasteiger partial charge in [-0.2, -0.15) is 0 Å². The van der Waals surface area contributed by atoms with E-state index < -0.39 is 11.2 Å². The number of thioether (sulfide) groups is 1. The number of nitrogens with zero attached hydrogens (tertiary/aromatic N) is 2. The van der Waals surface area contributed by atoms with Gasteiger partial charge in [0.05, 0.1) is 6.42 Å². The predicted octanol–water partition coefficient (Wildman–Crippen LogP) is 2.25. The summed E-state index contributed by atoms with van der Waals surface area (Å²) in [4.78, 5) is 27.9. The summed E-state index contributed by atoms with van der Waals surface area (Å²) >= 11 is 1.45. The lowest BCUT2D eigenvalue weighted by molar-refractivity contribution is 0.419. The van der Waals surface area contributed by atoms with Gasteiger partial charge in [0.25, 0.3) is 10.8 Å². The van der Waals surface area contributed by atoms with Gasteiger partial charge >= 0.3 is 5.69 Å². The Morgan fingerprint density at radius 1 is 1.12 bits per heavy atom. The zero-order valence-electron chi connectivity index (χ0n) is 14.2. The van der Waals surface area contributed by atoms with E-state index in [1.807, 2.05) is 0 Å². The molecule has 130 valence electrons. The smallest absolute Gasteiger partial charge is 0.325 e. The number of H-pyrrole nitrogens is 2. The number of aryl methyl sites for hydroxylation is 3. The first-order valence-electron chi connectivity index (χ1n) is 7.76. The second-order valence-corrected chi connectivity index (χ2v) is 6.80. The molecule has 0 radical (unpaired) electrons. The van der Waals surface area contributed by atoms with Crippen LogP contribution in [0.25, 0.3) is 0 Å². The van der Waals surface area contributed by atoms with Gasteiger partial charge in [-0.1, -0.05) is 35.5 Å². The van der Waals surface area contributed by atoms with Crippen LogP contribution in [0.2, 0.25) is 0 Å². The zero-order valence-corrected chi connectivity index (χ0v) is 15.0. The van der Waals surface area contributed by atoms with Gasteiger partial charge in [-0.3, -0.25) is 9.78 Å². The highest BCUT2D eigenvalue weighted by atomic mass is 32.2. The van der Waals surface area contributed by atoms with E-state index in [-0.39, 0.29) is 6.42 Å². The Hall–Kier alpha value is -2.61. The molecule has 2 aromatic heterocycles. The maximum atomic E-state index is 11.9. The molecule has 25 heavy (non-hydrogen) atoms. The van der Waals surface area contributed by atoms with Gasteiger partial charge in [-0.05, 0) is 31.9 Å². The van der Waals surface area contributed by atoms with Gasteiger partial charge in [-0.15, -0.1) is 10.2 Å². The van der Waals surface area contributed by atoms with Crippen LogP contribution in [0, 0.1) is 20.8 Å². The summed E-state index contributed by atoms with van der Waals surface area (Å²) in [6.45, 7) is 5.79. The van der Waals surface area contributed by atoms with Gasteiger partial charge < -0.3 is 9.40 Å². The normalized spacial score (nSPS) is 11.0. The van der Waals surface area contributed by atoms with Crippen LogP contribution in [-0.4, -0.2) is 20.2 Å². The van der Waals surface area contributed by atoms with Crippen LogP contribution in [0.15, 0.2) is 37.4 Å². The van der Waals surface area contributed by atoms with Crippen molar-refractivity contribution in [3.63, 3.8) is 0 Å². The number of rotatable bonds is 5. The Bertz CT molecular complexity index is 1020. The fourth-order valence-corrected chi connectivity index (χ4v) is 3.30. The summed E-state index contributed by atoms with van der Waals surface area (Å²) in [5, 5.41) is 8.46. The van der Waals surface area contributed by atoms with Gasteiger partial charge in [0.15, 0.2) is 0 Å². The van der Waals surface area contributed by atoms with Crippen molar-refractivity contribution in [2.75, 3.05) is 0 Å². The molecular weight excluding hydrogens is 340 g/mol. The summed E-state index contributed by atoms with van der Waals surface area (Å²) in [6, 6.07) is 6.32. The minimum Gasteiger partial charge on any atom is -0.416 e. The molecule has 0 atom stereocenters. The summed E-state index contributed by atoms with van der Waals surface area (Å²) in [5.74, 6) is 1.07. The predicted molar refractivity (Wildman–Crippen MR) is 95.0 cm³/mol. The number of aromatic nitrogens is 4. The molecule has 1 aromatic carbocycles. The van der Waals surface area contributed by atoms with E-state index in [4.69, 9.17) is 4.42 Å². The fraction of sp³-hybridized carbons (Fsp3) is 0.294. The molecule has 3 rings (SSSR count). The molecule has 0 saturated carbocycles. The van der Waals surface area contributed by atoms with Crippen molar-refractivity contribution in [2.24, 2.45) is 0 Å². The maximum absolute atomic E-state index is 11.9. The molecule has 0 bridgehead atoms. The number of hydrogen-bond donors (Lipinski definition) is 2. The molecule has 0 spiro atoms. The largest absolute Gasteiger partial charge is 0.416 e. The molecule has 0 aliphatic carbocycles. The topological polar surface area (TPSA) is 105 Å². The SMILES string of the molecule is Cc1ccc(C)c(CSc2nnc(Cc3c(C)[nH]c(=O)[nH]c3=O)o2)c1. The first-order valence-corrected chi connectivity index (χ1v) is 8.74. The molecule has 0 aliphatic rings. The first kappa shape index (κ1) is 17.2. The third-order valence-corrected chi connectivity index (χ3v) is 4.75. The maximum Gasteiger partial charge on any atom is 0.325 e. The lowest BCUT2D eigenvalue weighted by atomic mass is 10.1. The minimum absolute atomic E-state index is 0.176. The molecule has 7 nitrogen and oxygen atoms in total. The Labute approximate surface area is 147 Å². The second-order valence-electron chi connectivity index (χ2n) is 5.87. The van der Waals surface area contributed by atoms with Crippen LogP contribution < -0.4 is 11.2 Å². The molecule has 0 aliphatic heterocycles. The minimum atomic E-state index is -0.526. The summed E-state index contributed by atoms with van der Waals surface area (Å²) in [6.07, 6.45) is 0.176. The standard InChI is InChI=1S/C17H18N4O3S/c1-9-4-5-10(2)12(6-9)8-25-17-21-20-14(24-17)7-13-11(3)18-16(23)19-15(13)22/h4-6H,7-8H2,1-3H3,(H2,18,19,22,23). The van der Waals surface area contributed by atoms with Crippen LogP contribution in [-0.2, 0) is 12.2 Å². The van der Waals surface area contributed by atoms with E-state index in [0.29, 0.717) is 22.4 Å². The lowest BCUT2D eigenvalue weighted by Crippen LogP contribution is -2.27. The monoisotopic (exact) mass is 358 g/mol. The number of hydrogen-bond acceptors (Lipinski definition) is 6. The third kappa shape index (κ3) is 4.08. The second kappa shape index (κ2) is 7.10. The first-order chi connectivity index (χ1) is 11.9. The Kier molecular flexibility index (Phi) is 4.89. The van der Waals surface area contributed by atoms with Gasteiger partial charge in [0.1, 0.15) is 0 Å². The van der Waals surface area contributed by atoms with Gasteiger partial charge in [0.2, 0.25) is 5.89 Å². The summed E-state index contributed by atoms with van der Waals surface area (Å²) < 4.78 is 5.62. The molecule has 0 saturated heterocycles. The van der Waals surface area contributed by atoms with E-state index >= 15 is 0 Å². The van der Waals surface area contributed by atoms with Crippen LogP contribution in [0.3, 0.4) is 0 Å². The summed E-state index contributed by atoms with van der Waals surface area (Å²) in [7, 11) is 0. The molecule has 0 amide bonds. The Morgan fingerprint density at radius 2 is 1.92 bits per heavy atom. The highest BCUT2D eigenvalue weighted by Crippen LogP contribution is 2.24. The lowest BCUT2D eigenvalue weighted by Gasteiger charge is -2.04. The van der Waals surface area contributed by atoms with E-state index in [1.54, 1.807) is 6.92 Å². The van der Waals surface area contributed by atoms with Crippen molar-refractivity contribution in [1.82, 2.24) is 20.2 Å². The van der Waals surface area contributed by atoms with Crippen LogP contribution in [0.5, 0.6) is 0 Å². The zero-order chi connectivity index (χ0) is 18.0. The van der Waals surface area contributed by atoms with Crippen molar-refractivity contribution in [3.8, 4) is 0 Å². The van der Waals surface area contributed by atoms with E-state index in [0.717, 1.165) is 5.75 Å². The van der Waals surface area contributed by atoms with Crippen LogP contribution >= 0.6 is 11.8 Å². The van der Waals surface area contributed by atoms with Crippen LogP contribution in [0.1, 0.15) is 33.8 Å². The van der Waals surface area contributed by atoms with Crippen molar-refractivity contribution >= 4 is 11.8 Å². The van der Waals surface area contributed by atoms with Crippen molar-refractivity contribution in [2.45, 2.75) is 38.2 Å². The number of aromatic amines is 2. The van der Waals surface area contributed by atoms with E-state index in [1.165, 1.54) is 28.5 Å². The number of benzene rings is 1. The molecule has 0 unspecified atom stereocenters. The quantitative estimate of drug-likeness (QED) is 0.678. The van der Waals surface area contributed by atoms with Crippen LogP contribution in [0.4, 0.5) is 0 Å². The Morgan fingerprint density at radius 3 is 2.68 bits per heavy atom. The molecule has 3 aromatic rings. The average Bonchev–Trinajstić information content (AvgIpc) is 2.99. The van der Waals surface area contributed by atoms with Crippen molar-refractivity contribution in [3.05, 3.63) is 72.9 Å². The van der Waals surface area contributed by atoms with E-state index in [2.05, 4.69) is 52.2 Å². The van der Waals surface area contributed by atoms with Gasteiger partial charge in [-0.25, -0.2) is 4.79 Å². The van der Waals surface area contributed by atoms with Crippen molar-refractivity contribution in [1.29, 1.82) is 0 Å². The fourth-order valence-electron chi connectivity index (χ4n) is 2.45.